The number of hydrazone groups is 1. The topological polar surface area (TPSA) is 66.3 Å². The van der Waals surface area contributed by atoms with Gasteiger partial charge in [-0.05, 0) is 42.7 Å². The molecule has 1 unspecified atom stereocenters. The Hall–Kier alpha value is -2.81. The van der Waals surface area contributed by atoms with Crippen molar-refractivity contribution in [3.63, 3.8) is 0 Å². The molecule has 1 N–H and O–H groups in total. The third-order valence-corrected chi connectivity index (χ3v) is 6.62. The Bertz CT molecular complexity index is 1060. The first-order valence-electron chi connectivity index (χ1n) is 10.7. The molecule has 1 aliphatic heterocycles. The summed E-state index contributed by atoms with van der Waals surface area (Å²) in [6.45, 7) is 4.55. The second-order valence-corrected chi connectivity index (χ2v) is 9.93. The van der Waals surface area contributed by atoms with Crippen LogP contribution in [0.25, 0.3) is 0 Å². The summed E-state index contributed by atoms with van der Waals surface area (Å²) in [7, 11) is 5.61. The number of anilines is 1. The number of rotatable bonds is 8. The average Bonchev–Trinajstić information content (AvgIpc) is 3.63. The lowest BCUT2D eigenvalue weighted by Crippen LogP contribution is -2.29. The van der Waals surface area contributed by atoms with Crippen molar-refractivity contribution in [3.05, 3.63) is 84.1 Å². The fourth-order valence-corrected chi connectivity index (χ4v) is 4.24. The van der Waals surface area contributed by atoms with Gasteiger partial charge in [0.2, 0.25) is 0 Å². The van der Waals surface area contributed by atoms with E-state index in [1.165, 1.54) is 0 Å². The van der Waals surface area contributed by atoms with Crippen molar-refractivity contribution in [2.24, 2.45) is 16.0 Å². The SMILES string of the molecule is BC(=C)/C(=N\N1CN=C(c2ccccc2)C=C1Nc1ccc([S+]([O-])N(C)C)cc1)C1CC1. The molecule has 1 aliphatic carbocycles. The van der Waals surface area contributed by atoms with Crippen molar-refractivity contribution in [1.82, 2.24) is 9.31 Å². The number of benzene rings is 2. The zero-order chi connectivity index (χ0) is 22.7. The van der Waals surface area contributed by atoms with E-state index in [0.717, 1.165) is 51.7 Å². The van der Waals surface area contributed by atoms with Crippen molar-refractivity contribution >= 4 is 36.3 Å². The monoisotopic (exact) mass is 445 g/mol. The summed E-state index contributed by atoms with van der Waals surface area (Å²) in [5.74, 6) is 1.34. The zero-order valence-corrected chi connectivity index (χ0v) is 19.6. The van der Waals surface area contributed by atoms with Crippen molar-refractivity contribution in [1.29, 1.82) is 0 Å². The molecule has 0 spiro atoms. The predicted octanol–water partition coefficient (Wildman–Crippen LogP) is 3.20. The van der Waals surface area contributed by atoms with Gasteiger partial charge >= 0.3 is 0 Å². The summed E-state index contributed by atoms with van der Waals surface area (Å²) in [6.07, 6.45) is 4.35. The highest BCUT2D eigenvalue weighted by Gasteiger charge is 2.29. The summed E-state index contributed by atoms with van der Waals surface area (Å²) in [4.78, 5) is 5.53. The highest BCUT2D eigenvalue weighted by atomic mass is 32.2. The van der Waals surface area contributed by atoms with Gasteiger partial charge in [-0.15, -0.1) is 10.9 Å². The first kappa shape index (κ1) is 22.4. The fourth-order valence-electron chi connectivity index (χ4n) is 3.45. The van der Waals surface area contributed by atoms with Crippen molar-refractivity contribution < 1.29 is 4.55 Å². The molecule has 4 rings (SSSR count). The first-order valence-corrected chi connectivity index (χ1v) is 11.8. The lowest BCUT2D eigenvalue weighted by molar-refractivity contribution is 0.376. The summed E-state index contributed by atoms with van der Waals surface area (Å²) in [5, 5.41) is 10.3. The Morgan fingerprint density at radius 3 is 2.47 bits per heavy atom. The second kappa shape index (κ2) is 9.77. The molecule has 0 aromatic heterocycles. The third kappa shape index (κ3) is 5.33. The van der Waals surface area contributed by atoms with Gasteiger partial charge in [0.05, 0.1) is 22.8 Å². The van der Waals surface area contributed by atoms with Crippen LogP contribution in [0.5, 0.6) is 0 Å². The van der Waals surface area contributed by atoms with Gasteiger partial charge in [-0.2, -0.15) is 5.10 Å². The maximum Gasteiger partial charge on any atom is 0.174 e. The molecule has 0 amide bonds. The van der Waals surface area contributed by atoms with Gasteiger partial charge in [0, 0.05) is 31.8 Å². The smallest absolute Gasteiger partial charge is 0.174 e. The molecule has 2 aliphatic rings. The molecule has 1 heterocycles. The quantitative estimate of drug-likeness (QED) is 0.385. The Morgan fingerprint density at radius 2 is 1.88 bits per heavy atom. The summed E-state index contributed by atoms with van der Waals surface area (Å²) >= 11 is -1.17. The van der Waals surface area contributed by atoms with E-state index < -0.39 is 11.4 Å². The van der Waals surface area contributed by atoms with Gasteiger partial charge in [-0.1, -0.05) is 35.8 Å². The van der Waals surface area contributed by atoms with Gasteiger partial charge in [-0.25, -0.2) is 5.01 Å². The Balaban J connectivity index is 1.63. The molecule has 0 bridgehead atoms. The number of nitrogens with one attached hydrogen (secondary N) is 1. The molecule has 1 atom stereocenters. The largest absolute Gasteiger partial charge is 0.593 e. The Kier molecular flexibility index (Phi) is 6.84. The van der Waals surface area contributed by atoms with E-state index in [2.05, 4.69) is 24.0 Å². The van der Waals surface area contributed by atoms with Gasteiger partial charge in [0.1, 0.15) is 20.3 Å². The molecule has 8 heteroatoms. The highest BCUT2D eigenvalue weighted by molar-refractivity contribution is 7.89. The zero-order valence-electron chi connectivity index (χ0n) is 18.8. The van der Waals surface area contributed by atoms with Crippen molar-refractivity contribution in [2.45, 2.75) is 17.7 Å². The van der Waals surface area contributed by atoms with Gasteiger partial charge in [0.25, 0.3) is 0 Å². The van der Waals surface area contributed by atoms with Crippen LogP contribution in [0.15, 0.2) is 93.5 Å². The Labute approximate surface area is 194 Å². The molecule has 2 aromatic carbocycles. The van der Waals surface area contributed by atoms with Crippen LogP contribution < -0.4 is 5.32 Å². The number of allylic oxidation sites excluding steroid dienone is 2. The fraction of sp³-hybridized carbons (Fsp3) is 0.250. The van der Waals surface area contributed by atoms with E-state index in [9.17, 15) is 4.55 Å². The van der Waals surface area contributed by atoms with Crippen molar-refractivity contribution in [3.8, 4) is 0 Å². The van der Waals surface area contributed by atoms with Gasteiger partial charge in [0.15, 0.2) is 4.90 Å². The molecule has 6 nitrogen and oxygen atoms in total. The molecular weight excluding hydrogens is 417 g/mol. The van der Waals surface area contributed by atoms with E-state index in [-0.39, 0.29) is 0 Å². The summed E-state index contributed by atoms with van der Waals surface area (Å²) in [6, 6.07) is 17.8. The van der Waals surface area contributed by atoms with Crippen LogP contribution >= 0.6 is 0 Å². The van der Waals surface area contributed by atoms with Crippen LogP contribution in [0.3, 0.4) is 0 Å². The maximum atomic E-state index is 12.3. The van der Waals surface area contributed by atoms with Crippen molar-refractivity contribution in [2.75, 3.05) is 26.1 Å². The van der Waals surface area contributed by atoms with E-state index >= 15 is 0 Å². The molecule has 0 saturated heterocycles. The van der Waals surface area contributed by atoms with Gasteiger partial charge < -0.3 is 9.87 Å². The highest BCUT2D eigenvalue weighted by Crippen LogP contribution is 2.33. The summed E-state index contributed by atoms with van der Waals surface area (Å²) in [5.41, 5.74) is 4.92. The second-order valence-electron chi connectivity index (χ2n) is 8.23. The van der Waals surface area contributed by atoms with Crippen LogP contribution in [-0.4, -0.2) is 53.9 Å². The number of nitrogens with zero attached hydrogens (tertiary/aromatic N) is 4. The van der Waals surface area contributed by atoms with Crippen LogP contribution in [0.2, 0.25) is 0 Å². The maximum absolute atomic E-state index is 12.3. The van der Waals surface area contributed by atoms with Crippen LogP contribution in [0.1, 0.15) is 18.4 Å². The third-order valence-electron chi connectivity index (χ3n) is 5.29. The molecular formula is C24H28BN5OS. The molecule has 2 aromatic rings. The standard InChI is InChI=1S/C24H28BN5OS/c1-17(25)24(19-9-10-19)28-30-16-26-22(18-7-5-4-6-8-18)15-23(30)27-20-11-13-21(14-12-20)32(31)29(2)3/h4-8,11-15,19,27H,1,9-10,16,25H2,2-3H3/b28-24+. The van der Waals surface area contributed by atoms with E-state index in [1.807, 2.05) is 61.4 Å². The predicted molar refractivity (Wildman–Crippen MR) is 136 cm³/mol. The molecule has 32 heavy (non-hydrogen) atoms. The molecule has 1 fully saturated rings. The number of aliphatic imine (C=N–C) groups is 1. The Morgan fingerprint density at radius 1 is 1.19 bits per heavy atom. The van der Waals surface area contributed by atoms with E-state index in [4.69, 9.17) is 10.1 Å². The lowest BCUT2D eigenvalue weighted by Gasteiger charge is -2.27. The average molecular weight is 445 g/mol. The van der Waals surface area contributed by atoms with E-state index in [1.54, 1.807) is 18.4 Å². The van der Waals surface area contributed by atoms with Crippen LogP contribution in [0.4, 0.5) is 5.69 Å². The number of hydrogen-bond donors (Lipinski definition) is 1. The normalized spacial score (nSPS) is 17.6. The first-order chi connectivity index (χ1) is 15.4. The van der Waals surface area contributed by atoms with Crippen LogP contribution in [-0.2, 0) is 11.4 Å². The van der Waals surface area contributed by atoms with E-state index in [0.29, 0.717) is 12.6 Å². The minimum atomic E-state index is -1.17. The summed E-state index contributed by atoms with van der Waals surface area (Å²) < 4.78 is 14.0. The number of hydrogen-bond acceptors (Lipinski definition) is 6. The molecule has 0 radical (unpaired) electrons. The van der Waals surface area contributed by atoms with Gasteiger partial charge in [-0.3, -0.25) is 4.99 Å². The molecule has 164 valence electrons. The minimum absolute atomic E-state index is 0.426. The minimum Gasteiger partial charge on any atom is -0.593 e. The van der Waals surface area contributed by atoms with Crippen LogP contribution in [0, 0.1) is 5.92 Å². The molecule has 1 saturated carbocycles. The lowest BCUT2D eigenvalue weighted by atomic mass is 9.90.